The summed E-state index contributed by atoms with van der Waals surface area (Å²) < 4.78 is 21.8. The van der Waals surface area contributed by atoms with Gasteiger partial charge in [-0.2, -0.15) is 0 Å². The third-order valence-corrected chi connectivity index (χ3v) is 6.64. The fraction of sp³-hybridized carbons (Fsp3) is 0.375. The third kappa shape index (κ3) is 4.32. The van der Waals surface area contributed by atoms with Gasteiger partial charge in [0, 0.05) is 17.1 Å². The Balaban J connectivity index is 1.36. The van der Waals surface area contributed by atoms with E-state index in [4.69, 9.17) is 16.3 Å². The van der Waals surface area contributed by atoms with E-state index in [0.29, 0.717) is 30.3 Å². The maximum absolute atomic E-state index is 14.2. The molecule has 0 spiro atoms. The zero-order chi connectivity index (χ0) is 22.9. The predicted molar refractivity (Wildman–Crippen MR) is 121 cm³/mol. The number of ether oxygens (including phenoxy) is 1. The maximum atomic E-state index is 14.2. The van der Waals surface area contributed by atoms with E-state index >= 15 is 0 Å². The lowest BCUT2D eigenvalue weighted by Crippen LogP contribution is -2.44. The fourth-order valence-corrected chi connectivity index (χ4v) is 4.79. The second-order valence-corrected chi connectivity index (χ2v) is 8.93. The van der Waals surface area contributed by atoms with Crippen molar-refractivity contribution in [2.24, 2.45) is 0 Å². The number of likely N-dealkylation sites (tertiary alicyclic amines) is 1. The molecule has 2 aliphatic rings. The Morgan fingerprint density at radius 1 is 1.24 bits per heavy atom. The van der Waals surface area contributed by atoms with Gasteiger partial charge >= 0.3 is 6.03 Å². The van der Waals surface area contributed by atoms with Crippen LogP contribution in [0.4, 0.5) is 9.18 Å². The van der Waals surface area contributed by atoms with Crippen LogP contribution in [0.3, 0.4) is 0 Å². The number of urea groups is 1. The molecule has 7 nitrogen and oxygen atoms in total. The van der Waals surface area contributed by atoms with E-state index in [1.807, 2.05) is 41.8 Å². The predicted octanol–water partition coefficient (Wildman–Crippen LogP) is 4.55. The van der Waals surface area contributed by atoms with Crippen LogP contribution < -0.4 is 5.32 Å². The molecular formula is C24H25ClFN5O2. The zero-order valence-corrected chi connectivity index (χ0v) is 19.1. The molecular weight excluding hydrogens is 445 g/mol. The largest absolute Gasteiger partial charge is 0.374 e. The molecule has 0 bridgehead atoms. The Hall–Kier alpha value is -2.97. The Morgan fingerprint density at radius 2 is 2.06 bits per heavy atom. The summed E-state index contributed by atoms with van der Waals surface area (Å²) in [5.74, 6) is 1.25. The monoisotopic (exact) mass is 469 g/mol. The van der Waals surface area contributed by atoms with Gasteiger partial charge in [0.15, 0.2) is 5.82 Å². The molecule has 2 amide bonds. The van der Waals surface area contributed by atoms with Gasteiger partial charge in [-0.05, 0) is 49.1 Å². The average Bonchev–Trinajstić information content (AvgIpc) is 3.43. The topological polar surface area (TPSA) is 72.3 Å². The highest BCUT2D eigenvalue weighted by Gasteiger charge is 2.35. The molecule has 2 aliphatic heterocycles. The van der Waals surface area contributed by atoms with Crippen LogP contribution in [0.1, 0.15) is 53.3 Å². The smallest absolute Gasteiger partial charge is 0.318 e. The number of hydrogen-bond donors (Lipinski definition) is 1. The Kier molecular flexibility index (Phi) is 6.03. The first-order valence-electron chi connectivity index (χ1n) is 11.1. The van der Waals surface area contributed by atoms with Crippen molar-refractivity contribution in [2.75, 3.05) is 13.2 Å². The number of carbonyl (C=O) groups excluding carboxylic acids is 1. The minimum atomic E-state index is -0.396. The van der Waals surface area contributed by atoms with E-state index in [1.165, 1.54) is 6.07 Å². The van der Waals surface area contributed by atoms with Gasteiger partial charge in [0.1, 0.15) is 11.6 Å². The molecule has 1 N–H and O–H groups in total. The second-order valence-electron chi connectivity index (χ2n) is 8.49. The van der Waals surface area contributed by atoms with Gasteiger partial charge in [-0.1, -0.05) is 35.9 Å². The van der Waals surface area contributed by atoms with Gasteiger partial charge in [-0.25, -0.2) is 9.18 Å². The summed E-state index contributed by atoms with van der Waals surface area (Å²) in [6.07, 6.45) is 1.68. The summed E-state index contributed by atoms with van der Waals surface area (Å²) in [7, 11) is 0. The van der Waals surface area contributed by atoms with Crippen molar-refractivity contribution in [3.63, 3.8) is 0 Å². The van der Waals surface area contributed by atoms with Crippen LogP contribution in [0.25, 0.3) is 0 Å². The Morgan fingerprint density at radius 3 is 2.88 bits per heavy atom. The molecule has 0 saturated carbocycles. The van der Waals surface area contributed by atoms with E-state index in [2.05, 4.69) is 15.5 Å². The number of hydrogen-bond acceptors (Lipinski definition) is 4. The second kappa shape index (κ2) is 9.11. The number of rotatable bonds is 4. The molecule has 1 fully saturated rings. The van der Waals surface area contributed by atoms with Gasteiger partial charge in [0.25, 0.3) is 0 Å². The lowest BCUT2D eigenvalue weighted by molar-refractivity contribution is 0.0788. The van der Waals surface area contributed by atoms with Crippen molar-refractivity contribution in [3.8, 4) is 0 Å². The molecule has 5 rings (SSSR count). The summed E-state index contributed by atoms with van der Waals surface area (Å²) in [4.78, 5) is 15.1. The summed E-state index contributed by atoms with van der Waals surface area (Å²) in [5, 5.41) is 12.5. The molecule has 0 unspecified atom stereocenters. The van der Waals surface area contributed by atoms with Gasteiger partial charge < -0.3 is 19.5 Å². The van der Waals surface area contributed by atoms with Crippen LogP contribution in [0, 0.1) is 12.7 Å². The normalized spacial score (nSPS) is 20.0. The van der Waals surface area contributed by atoms with E-state index in [1.54, 1.807) is 11.0 Å². The number of aryl methyl sites for hydroxylation is 1. The first-order valence-corrected chi connectivity index (χ1v) is 11.5. The Bertz CT molecular complexity index is 1170. The van der Waals surface area contributed by atoms with Crippen LogP contribution in [0.15, 0.2) is 42.5 Å². The third-order valence-electron chi connectivity index (χ3n) is 6.39. The molecule has 33 heavy (non-hydrogen) atoms. The molecule has 2 atom stereocenters. The molecule has 9 heteroatoms. The Labute approximate surface area is 196 Å². The number of benzene rings is 2. The minimum absolute atomic E-state index is 0.185. The van der Waals surface area contributed by atoms with Crippen LogP contribution in [0.5, 0.6) is 0 Å². The SMILES string of the molecule is Cc1nnc([C@H]2CCCN2C(=O)N[C@H]2COCc3c(F)cccc32)n1Cc1ccc(Cl)cc1. The van der Waals surface area contributed by atoms with Gasteiger partial charge in [-0.3, -0.25) is 0 Å². The molecule has 2 aromatic carbocycles. The molecule has 0 aliphatic carbocycles. The number of fused-ring (bicyclic) bond motifs is 1. The van der Waals surface area contributed by atoms with E-state index in [0.717, 1.165) is 35.6 Å². The highest BCUT2D eigenvalue weighted by atomic mass is 35.5. The maximum Gasteiger partial charge on any atom is 0.318 e. The average molecular weight is 470 g/mol. The van der Waals surface area contributed by atoms with Crippen LogP contribution in [-0.4, -0.2) is 38.8 Å². The number of amides is 2. The molecule has 3 aromatic rings. The number of aromatic nitrogens is 3. The molecule has 0 radical (unpaired) electrons. The van der Waals surface area contributed by atoms with Crippen molar-refractivity contribution >= 4 is 17.6 Å². The first kappa shape index (κ1) is 21.9. The van der Waals surface area contributed by atoms with Crippen LogP contribution in [-0.2, 0) is 17.9 Å². The van der Waals surface area contributed by atoms with Crippen molar-refractivity contribution < 1.29 is 13.9 Å². The highest BCUT2D eigenvalue weighted by Crippen LogP contribution is 2.33. The molecule has 1 aromatic heterocycles. The quantitative estimate of drug-likeness (QED) is 0.608. The summed E-state index contributed by atoms with van der Waals surface area (Å²) in [6.45, 7) is 3.66. The standard InChI is InChI=1S/C24H25ClFN5O2/c1-15-28-29-23(31(15)12-16-7-9-17(25)10-8-16)22-6-3-11-30(22)24(32)27-21-14-33-13-19-18(21)4-2-5-20(19)26/h2,4-5,7-10,21-22H,3,6,11-14H2,1H3,(H,27,32)/t21-,22+/m0/s1. The minimum Gasteiger partial charge on any atom is -0.374 e. The summed E-state index contributed by atoms with van der Waals surface area (Å²) in [5.41, 5.74) is 2.35. The van der Waals surface area contributed by atoms with Crippen molar-refractivity contribution in [1.82, 2.24) is 25.0 Å². The number of halogens is 2. The summed E-state index contributed by atoms with van der Waals surface area (Å²) >= 11 is 6.02. The van der Waals surface area contributed by atoms with E-state index in [-0.39, 0.29) is 24.5 Å². The van der Waals surface area contributed by atoms with Crippen molar-refractivity contribution in [1.29, 1.82) is 0 Å². The fourth-order valence-electron chi connectivity index (χ4n) is 4.66. The first-order chi connectivity index (χ1) is 16.0. The van der Waals surface area contributed by atoms with E-state index < -0.39 is 6.04 Å². The van der Waals surface area contributed by atoms with Crippen LogP contribution in [0.2, 0.25) is 5.02 Å². The van der Waals surface area contributed by atoms with Crippen molar-refractivity contribution in [3.05, 3.63) is 81.6 Å². The molecule has 172 valence electrons. The lowest BCUT2D eigenvalue weighted by atomic mass is 9.98. The number of nitrogens with zero attached hydrogens (tertiary/aromatic N) is 4. The van der Waals surface area contributed by atoms with E-state index in [9.17, 15) is 9.18 Å². The van der Waals surface area contributed by atoms with Gasteiger partial charge in [0.05, 0.1) is 31.8 Å². The van der Waals surface area contributed by atoms with Crippen LogP contribution >= 0.6 is 11.6 Å². The lowest BCUT2D eigenvalue weighted by Gasteiger charge is -2.31. The summed E-state index contributed by atoms with van der Waals surface area (Å²) in [6, 6.07) is 11.8. The zero-order valence-electron chi connectivity index (χ0n) is 18.3. The van der Waals surface area contributed by atoms with Gasteiger partial charge in [0.2, 0.25) is 0 Å². The molecule has 3 heterocycles. The number of carbonyl (C=O) groups is 1. The number of nitrogens with one attached hydrogen (secondary N) is 1. The van der Waals surface area contributed by atoms with Crippen molar-refractivity contribution in [2.45, 2.75) is 45.0 Å². The molecule has 1 saturated heterocycles. The van der Waals surface area contributed by atoms with Gasteiger partial charge in [-0.15, -0.1) is 10.2 Å². The highest BCUT2D eigenvalue weighted by molar-refractivity contribution is 6.30.